The zero-order valence-corrected chi connectivity index (χ0v) is 7.33. The lowest BCUT2D eigenvalue weighted by Crippen LogP contribution is -1.98. The van der Waals surface area contributed by atoms with Crippen LogP contribution in [0.15, 0.2) is 12.3 Å². The van der Waals surface area contributed by atoms with Crippen LogP contribution in [-0.2, 0) is 0 Å². The molecular formula is C9H12NO2. The van der Waals surface area contributed by atoms with Crippen LogP contribution in [0.3, 0.4) is 0 Å². The molecule has 1 radical (unpaired) electrons. The van der Waals surface area contributed by atoms with Gasteiger partial charge in [0.25, 0.3) is 0 Å². The molecule has 1 rings (SSSR count). The molecule has 0 atom stereocenters. The normalized spacial score (nSPS) is 9.50. The topological polar surface area (TPSA) is 31.4 Å². The highest BCUT2D eigenvalue weighted by Gasteiger charge is 2.01. The summed E-state index contributed by atoms with van der Waals surface area (Å²) >= 11 is 0. The highest BCUT2D eigenvalue weighted by molar-refractivity contribution is 5.35. The monoisotopic (exact) mass is 166 g/mol. The Morgan fingerprint density at radius 1 is 1.58 bits per heavy atom. The summed E-state index contributed by atoms with van der Waals surface area (Å²) in [6, 6.07) is 1.75. The molecule has 1 heterocycles. The van der Waals surface area contributed by atoms with Gasteiger partial charge in [-0.1, -0.05) is 6.92 Å². The van der Waals surface area contributed by atoms with Gasteiger partial charge in [0, 0.05) is 12.3 Å². The Labute approximate surface area is 72.3 Å². The molecular weight excluding hydrogens is 154 g/mol. The molecule has 0 saturated heterocycles. The minimum Gasteiger partial charge on any atom is -0.493 e. The number of rotatable bonds is 4. The fourth-order valence-corrected chi connectivity index (χ4v) is 0.800. The van der Waals surface area contributed by atoms with Gasteiger partial charge in [-0.25, -0.2) is 0 Å². The molecule has 0 spiro atoms. The first kappa shape index (κ1) is 8.84. The van der Waals surface area contributed by atoms with Gasteiger partial charge in [-0.15, -0.1) is 0 Å². The summed E-state index contributed by atoms with van der Waals surface area (Å²) < 4.78 is 10.4. The molecule has 0 N–H and O–H groups in total. The van der Waals surface area contributed by atoms with E-state index >= 15 is 0 Å². The molecule has 1 aromatic rings. The molecule has 0 saturated carbocycles. The van der Waals surface area contributed by atoms with Crippen LogP contribution < -0.4 is 9.47 Å². The smallest absolute Gasteiger partial charge is 0.189 e. The quantitative estimate of drug-likeness (QED) is 0.682. The molecule has 3 nitrogen and oxygen atoms in total. The van der Waals surface area contributed by atoms with Gasteiger partial charge in [0.05, 0.1) is 13.7 Å². The van der Waals surface area contributed by atoms with Crippen molar-refractivity contribution in [1.82, 2.24) is 4.98 Å². The molecule has 0 aromatic carbocycles. The lowest BCUT2D eigenvalue weighted by atomic mass is 10.4. The first-order valence-electron chi connectivity index (χ1n) is 3.92. The molecule has 3 heteroatoms. The van der Waals surface area contributed by atoms with E-state index in [0.717, 1.165) is 6.42 Å². The molecule has 0 aliphatic heterocycles. The fraction of sp³-hybridized carbons (Fsp3) is 0.444. The van der Waals surface area contributed by atoms with Crippen LogP contribution in [0.1, 0.15) is 13.3 Å². The highest BCUT2D eigenvalue weighted by Crippen LogP contribution is 2.23. The van der Waals surface area contributed by atoms with Gasteiger partial charge in [-0.3, -0.25) is 4.98 Å². The number of pyridine rings is 1. The number of aromatic nitrogens is 1. The third kappa shape index (κ3) is 2.12. The van der Waals surface area contributed by atoms with E-state index in [0.29, 0.717) is 18.1 Å². The summed E-state index contributed by atoms with van der Waals surface area (Å²) in [6.45, 7) is 2.71. The molecule has 1 aromatic heterocycles. The highest BCUT2D eigenvalue weighted by atomic mass is 16.5. The Morgan fingerprint density at radius 3 is 3.08 bits per heavy atom. The minimum absolute atomic E-state index is 0.585. The maximum Gasteiger partial charge on any atom is 0.189 e. The zero-order valence-electron chi connectivity index (χ0n) is 7.33. The van der Waals surface area contributed by atoms with Gasteiger partial charge in [0.1, 0.15) is 6.20 Å². The van der Waals surface area contributed by atoms with Crippen LogP contribution in [0.4, 0.5) is 0 Å². The van der Waals surface area contributed by atoms with Crippen molar-refractivity contribution >= 4 is 0 Å². The second kappa shape index (κ2) is 4.59. The molecule has 0 fully saturated rings. The second-order valence-corrected chi connectivity index (χ2v) is 2.30. The molecule has 65 valence electrons. The number of methoxy groups -OCH3 is 1. The predicted molar refractivity (Wildman–Crippen MR) is 45.4 cm³/mol. The molecule has 0 aliphatic carbocycles. The van der Waals surface area contributed by atoms with E-state index in [4.69, 9.17) is 9.47 Å². The Kier molecular flexibility index (Phi) is 3.38. The van der Waals surface area contributed by atoms with E-state index < -0.39 is 0 Å². The van der Waals surface area contributed by atoms with Gasteiger partial charge >= 0.3 is 0 Å². The number of nitrogens with zero attached hydrogens (tertiary/aromatic N) is 1. The maximum atomic E-state index is 5.33. The maximum absolute atomic E-state index is 5.33. The molecule has 0 bridgehead atoms. The van der Waals surface area contributed by atoms with Gasteiger partial charge < -0.3 is 9.47 Å². The van der Waals surface area contributed by atoms with Gasteiger partial charge in [0.2, 0.25) is 0 Å². The fourth-order valence-electron chi connectivity index (χ4n) is 0.800. The average Bonchev–Trinajstić information content (AvgIpc) is 2.15. The summed E-state index contributed by atoms with van der Waals surface area (Å²) in [5.41, 5.74) is 0. The first-order chi connectivity index (χ1) is 5.88. The number of hydrogen-bond acceptors (Lipinski definition) is 3. The van der Waals surface area contributed by atoms with Gasteiger partial charge in [0.15, 0.2) is 11.5 Å². The second-order valence-electron chi connectivity index (χ2n) is 2.30. The van der Waals surface area contributed by atoms with E-state index in [-0.39, 0.29) is 0 Å². The van der Waals surface area contributed by atoms with Crippen LogP contribution in [0.2, 0.25) is 0 Å². The van der Waals surface area contributed by atoms with Crippen LogP contribution in [0, 0.1) is 6.20 Å². The summed E-state index contributed by atoms with van der Waals surface area (Å²) in [4.78, 5) is 3.82. The molecule has 0 amide bonds. The van der Waals surface area contributed by atoms with Crippen molar-refractivity contribution < 1.29 is 9.47 Å². The lowest BCUT2D eigenvalue weighted by Gasteiger charge is -2.07. The summed E-state index contributed by atoms with van der Waals surface area (Å²) in [7, 11) is 1.60. The van der Waals surface area contributed by atoms with E-state index in [2.05, 4.69) is 11.2 Å². The van der Waals surface area contributed by atoms with Gasteiger partial charge in [-0.05, 0) is 6.42 Å². The van der Waals surface area contributed by atoms with E-state index in [1.807, 2.05) is 6.92 Å². The molecule has 0 aliphatic rings. The largest absolute Gasteiger partial charge is 0.493 e. The van der Waals surface area contributed by atoms with Crippen LogP contribution >= 0.6 is 0 Å². The SMILES string of the molecule is CCCOc1[c]nccc1OC. The zero-order chi connectivity index (χ0) is 8.81. The van der Waals surface area contributed by atoms with Crippen LogP contribution in [0.25, 0.3) is 0 Å². The molecule has 0 unspecified atom stereocenters. The summed E-state index contributed by atoms with van der Waals surface area (Å²) in [6.07, 6.45) is 5.31. The minimum atomic E-state index is 0.585. The van der Waals surface area contributed by atoms with Crippen molar-refractivity contribution in [2.75, 3.05) is 13.7 Å². The third-order valence-corrected chi connectivity index (χ3v) is 1.36. The van der Waals surface area contributed by atoms with Crippen LogP contribution in [0.5, 0.6) is 11.5 Å². The predicted octanol–water partition coefficient (Wildman–Crippen LogP) is 1.68. The third-order valence-electron chi connectivity index (χ3n) is 1.36. The number of hydrogen-bond donors (Lipinski definition) is 0. The van der Waals surface area contributed by atoms with Crippen molar-refractivity contribution in [2.24, 2.45) is 0 Å². The van der Waals surface area contributed by atoms with Crippen molar-refractivity contribution in [3.63, 3.8) is 0 Å². The summed E-state index contributed by atoms with van der Waals surface area (Å²) in [5, 5.41) is 0. The average molecular weight is 166 g/mol. The Morgan fingerprint density at radius 2 is 2.42 bits per heavy atom. The van der Waals surface area contributed by atoms with Crippen LogP contribution in [-0.4, -0.2) is 18.7 Å². The lowest BCUT2D eigenvalue weighted by molar-refractivity contribution is 0.292. The van der Waals surface area contributed by atoms with E-state index in [1.165, 1.54) is 0 Å². The van der Waals surface area contributed by atoms with Crippen molar-refractivity contribution in [3.8, 4) is 11.5 Å². The Balaban J connectivity index is 2.68. The van der Waals surface area contributed by atoms with Crippen molar-refractivity contribution in [3.05, 3.63) is 18.5 Å². The van der Waals surface area contributed by atoms with Crippen molar-refractivity contribution in [2.45, 2.75) is 13.3 Å². The standard InChI is InChI=1S/C9H12NO2/c1-3-6-12-9-7-10-5-4-8(9)11-2/h4-5H,3,6H2,1-2H3. The Bertz CT molecular complexity index is 238. The summed E-state index contributed by atoms with van der Waals surface area (Å²) in [5.74, 6) is 1.26. The first-order valence-corrected chi connectivity index (χ1v) is 3.92. The van der Waals surface area contributed by atoms with E-state index in [1.54, 1.807) is 19.4 Å². The van der Waals surface area contributed by atoms with E-state index in [9.17, 15) is 0 Å². The van der Waals surface area contributed by atoms with Gasteiger partial charge in [-0.2, -0.15) is 0 Å². The number of ether oxygens (including phenoxy) is 2. The van der Waals surface area contributed by atoms with Crippen molar-refractivity contribution in [1.29, 1.82) is 0 Å². The molecule has 12 heavy (non-hydrogen) atoms. The Hall–Kier alpha value is -1.25.